The van der Waals surface area contributed by atoms with Gasteiger partial charge in [-0.15, -0.1) is 0 Å². The van der Waals surface area contributed by atoms with Gasteiger partial charge in [0, 0.05) is 11.1 Å². The molecule has 0 bridgehead atoms. The van der Waals surface area contributed by atoms with E-state index >= 15 is 0 Å². The Bertz CT molecular complexity index is 754. The summed E-state index contributed by atoms with van der Waals surface area (Å²) in [5.74, 6) is 0.825. The van der Waals surface area contributed by atoms with Gasteiger partial charge in [0.2, 0.25) is 0 Å². The van der Waals surface area contributed by atoms with E-state index < -0.39 is 5.76 Å². The van der Waals surface area contributed by atoms with Gasteiger partial charge in [-0.25, -0.2) is 4.79 Å². The predicted octanol–water partition coefficient (Wildman–Crippen LogP) is 3.31. The SMILES string of the molecule is COc1ccc(-c2oc(=O)[nH]c2-c2ccccc2)cc1. The van der Waals surface area contributed by atoms with Crippen molar-refractivity contribution in [3.05, 3.63) is 65.1 Å². The maximum atomic E-state index is 11.5. The van der Waals surface area contributed by atoms with E-state index in [1.807, 2.05) is 54.6 Å². The fourth-order valence-corrected chi connectivity index (χ4v) is 2.08. The second-order valence-corrected chi connectivity index (χ2v) is 4.31. The van der Waals surface area contributed by atoms with E-state index in [4.69, 9.17) is 9.15 Å². The summed E-state index contributed by atoms with van der Waals surface area (Å²) in [6, 6.07) is 17.0. The Morgan fingerprint density at radius 3 is 2.30 bits per heavy atom. The zero-order chi connectivity index (χ0) is 13.9. The summed E-state index contributed by atoms with van der Waals surface area (Å²) < 4.78 is 10.4. The molecule has 3 aromatic rings. The number of H-pyrrole nitrogens is 1. The molecule has 1 N–H and O–H groups in total. The molecular weight excluding hydrogens is 254 g/mol. The van der Waals surface area contributed by atoms with Crippen LogP contribution in [0.25, 0.3) is 22.6 Å². The lowest BCUT2D eigenvalue weighted by Crippen LogP contribution is -1.94. The average molecular weight is 267 g/mol. The van der Waals surface area contributed by atoms with Gasteiger partial charge < -0.3 is 9.15 Å². The van der Waals surface area contributed by atoms with E-state index in [0.29, 0.717) is 11.5 Å². The molecule has 0 radical (unpaired) electrons. The monoisotopic (exact) mass is 267 g/mol. The molecule has 0 unspecified atom stereocenters. The highest BCUT2D eigenvalue weighted by molar-refractivity contribution is 5.76. The molecular formula is C16H13NO3. The average Bonchev–Trinajstić information content (AvgIpc) is 2.90. The number of nitrogens with one attached hydrogen (secondary N) is 1. The van der Waals surface area contributed by atoms with E-state index in [1.54, 1.807) is 7.11 Å². The Kier molecular flexibility index (Phi) is 3.13. The van der Waals surface area contributed by atoms with Crippen LogP contribution in [0.1, 0.15) is 0 Å². The van der Waals surface area contributed by atoms with E-state index in [0.717, 1.165) is 16.9 Å². The van der Waals surface area contributed by atoms with E-state index in [-0.39, 0.29) is 0 Å². The molecule has 0 fully saturated rings. The smallest absolute Gasteiger partial charge is 0.417 e. The molecule has 100 valence electrons. The lowest BCUT2D eigenvalue weighted by atomic mass is 10.1. The number of hydrogen-bond donors (Lipinski definition) is 1. The van der Waals surface area contributed by atoms with Crippen LogP contribution in [0.15, 0.2) is 63.8 Å². The van der Waals surface area contributed by atoms with Crippen molar-refractivity contribution in [2.24, 2.45) is 0 Å². The number of ether oxygens (including phenoxy) is 1. The fourth-order valence-electron chi connectivity index (χ4n) is 2.08. The van der Waals surface area contributed by atoms with E-state index in [1.165, 1.54) is 0 Å². The molecule has 4 nitrogen and oxygen atoms in total. The molecule has 0 saturated heterocycles. The third-order valence-electron chi connectivity index (χ3n) is 3.06. The molecule has 0 atom stereocenters. The minimum Gasteiger partial charge on any atom is -0.497 e. The van der Waals surface area contributed by atoms with E-state index in [9.17, 15) is 4.79 Å². The van der Waals surface area contributed by atoms with Crippen molar-refractivity contribution < 1.29 is 9.15 Å². The lowest BCUT2D eigenvalue weighted by molar-refractivity contribution is 0.415. The van der Waals surface area contributed by atoms with Crippen molar-refractivity contribution in [1.29, 1.82) is 0 Å². The largest absolute Gasteiger partial charge is 0.497 e. The summed E-state index contributed by atoms with van der Waals surface area (Å²) in [7, 11) is 1.61. The highest BCUT2D eigenvalue weighted by Gasteiger charge is 2.13. The highest BCUT2D eigenvalue weighted by Crippen LogP contribution is 2.30. The number of hydrogen-bond acceptors (Lipinski definition) is 3. The number of aromatic nitrogens is 1. The Balaban J connectivity index is 2.12. The maximum Gasteiger partial charge on any atom is 0.417 e. The van der Waals surface area contributed by atoms with Crippen LogP contribution >= 0.6 is 0 Å². The second-order valence-electron chi connectivity index (χ2n) is 4.31. The molecule has 1 heterocycles. The first-order chi connectivity index (χ1) is 9.78. The third-order valence-corrected chi connectivity index (χ3v) is 3.06. The fraction of sp³-hybridized carbons (Fsp3) is 0.0625. The summed E-state index contributed by atoms with van der Waals surface area (Å²) in [5.41, 5.74) is 2.41. The number of benzene rings is 2. The van der Waals surface area contributed by atoms with Crippen molar-refractivity contribution in [3.63, 3.8) is 0 Å². The summed E-state index contributed by atoms with van der Waals surface area (Å²) in [6.45, 7) is 0. The molecule has 0 saturated carbocycles. The Morgan fingerprint density at radius 1 is 0.950 bits per heavy atom. The number of aromatic amines is 1. The molecule has 0 spiro atoms. The third kappa shape index (κ3) is 2.23. The molecule has 2 aromatic carbocycles. The normalized spacial score (nSPS) is 10.4. The quantitative estimate of drug-likeness (QED) is 0.792. The van der Waals surface area contributed by atoms with Gasteiger partial charge >= 0.3 is 5.76 Å². The molecule has 0 amide bonds. The minimum atomic E-state index is -0.463. The van der Waals surface area contributed by atoms with Gasteiger partial charge in [-0.1, -0.05) is 30.3 Å². The van der Waals surface area contributed by atoms with Crippen molar-refractivity contribution in [2.45, 2.75) is 0 Å². The van der Waals surface area contributed by atoms with Crippen LogP contribution in [-0.2, 0) is 0 Å². The van der Waals surface area contributed by atoms with Gasteiger partial charge in [0.1, 0.15) is 5.75 Å². The van der Waals surface area contributed by atoms with Gasteiger partial charge in [-0.2, -0.15) is 0 Å². The predicted molar refractivity (Wildman–Crippen MR) is 76.8 cm³/mol. The van der Waals surface area contributed by atoms with Crippen molar-refractivity contribution in [3.8, 4) is 28.3 Å². The molecule has 0 aliphatic rings. The molecule has 3 rings (SSSR count). The summed E-state index contributed by atoms with van der Waals surface area (Å²) >= 11 is 0. The van der Waals surface area contributed by atoms with E-state index in [2.05, 4.69) is 4.98 Å². The van der Waals surface area contributed by atoms with Crippen LogP contribution in [-0.4, -0.2) is 12.1 Å². The Labute approximate surface area is 115 Å². The number of rotatable bonds is 3. The molecule has 0 aliphatic heterocycles. The first kappa shape index (κ1) is 12.3. The Hall–Kier alpha value is -2.75. The maximum absolute atomic E-state index is 11.5. The van der Waals surface area contributed by atoms with Gasteiger partial charge in [0.15, 0.2) is 5.76 Å². The van der Waals surface area contributed by atoms with Crippen LogP contribution in [0.3, 0.4) is 0 Å². The first-order valence-electron chi connectivity index (χ1n) is 6.21. The van der Waals surface area contributed by atoms with Crippen molar-refractivity contribution in [2.75, 3.05) is 7.11 Å². The van der Waals surface area contributed by atoms with Crippen molar-refractivity contribution in [1.82, 2.24) is 4.98 Å². The van der Waals surface area contributed by atoms with Gasteiger partial charge in [0.05, 0.1) is 12.8 Å². The summed E-state index contributed by atoms with van der Waals surface area (Å²) in [6.07, 6.45) is 0. The topological polar surface area (TPSA) is 55.2 Å². The Morgan fingerprint density at radius 2 is 1.65 bits per heavy atom. The van der Waals surface area contributed by atoms with Gasteiger partial charge in [-0.3, -0.25) is 4.98 Å². The zero-order valence-electron chi connectivity index (χ0n) is 10.9. The van der Waals surface area contributed by atoms with Crippen LogP contribution in [0.5, 0.6) is 5.75 Å². The summed E-state index contributed by atoms with van der Waals surface area (Å²) in [5, 5.41) is 0. The number of oxazole rings is 1. The van der Waals surface area contributed by atoms with Crippen molar-refractivity contribution >= 4 is 0 Å². The molecule has 20 heavy (non-hydrogen) atoms. The van der Waals surface area contributed by atoms with Gasteiger partial charge in [-0.05, 0) is 24.3 Å². The summed E-state index contributed by atoms with van der Waals surface area (Å²) in [4.78, 5) is 14.3. The molecule has 4 heteroatoms. The first-order valence-corrected chi connectivity index (χ1v) is 6.21. The highest BCUT2D eigenvalue weighted by atomic mass is 16.5. The second kappa shape index (κ2) is 5.09. The van der Waals surface area contributed by atoms with Crippen LogP contribution < -0.4 is 10.5 Å². The number of methoxy groups -OCH3 is 1. The van der Waals surface area contributed by atoms with Crippen LogP contribution in [0.2, 0.25) is 0 Å². The minimum absolute atomic E-state index is 0.463. The standard InChI is InChI=1S/C16H13NO3/c1-19-13-9-7-12(8-10-13)15-14(17-16(18)20-15)11-5-3-2-4-6-11/h2-10H,1H3,(H,17,18). The van der Waals surface area contributed by atoms with Crippen LogP contribution in [0.4, 0.5) is 0 Å². The molecule has 0 aliphatic carbocycles. The van der Waals surface area contributed by atoms with Crippen LogP contribution in [0, 0.1) is 0 Å². The van der Waals surface area contributed by atoms with Gasteiger partial charge in [0.25, 0.3) is 0 Å². The zero-order valence-corrected chi connectivity index (χ0v) is 10.9. The molecule has 1 aromatic heterocycles. The lowest BCUT2D eigenvalue weighted by Gasteiger charge is -2.03.